The predicted octanol–water partition coefficient (Wildman–Crippen LogP) is 4.92. The third kappa shape index (κ3) is 6.11. The molecule has 0 fully saturated rings. The number of benzene rings is 2. The van der Waals surface area contributed by atoms with E-state index in [-0.39, 0.29) is 41.2 Å². The maximum Gasteiger partial charge on any atom is 0.225 e. The highest BCUT2D eigenvalue weighted by Gasteiger charge is 2.25. The first-order valence-electron chi connectivity index (χ1n) is 10.1. The third-order valence-electron chi connectivity index (χ3n) is 5.20. The largest absolute Gasteiger partial charge is 0.357 e. The number of fused-ring (bicyclic) bond motifs is 1. The number of para-hydroxylation sites is 1. The molecule has 0 radical (unpaired) electrons. The van der Waals surface area contributed by atoms with E-state index in [1.807, 2.05) is 43.3 Å². The van der Waals surface area contributed by atoms with E-state index in [2.05, 4.69) is 41.9 Å². The van der Waals surface area contributed by atoms with E-state index in [9.17, 15) is 4.79 Å². The lowest BCUT2D eigenvalue weighted by molar-refractivity contribution is -0.116. The molecule has 1 heterocycles. The Morgan fingerprint density at radius 1 is 1.17 bits per heavy atom. The second-order valence-electron chi connectivity index (χ2n) is 7.98. The summed E-state index contributed by atoms with van der Waals surface area (Å²) in [6.07, 6.45) is 0.467. The van der Waals surface area contributed by atoms with Gasteiger partial charge in [0.2, 0.25) is 5.91 Å². The number of guanidine groups is 1. The zero-order chi connectivity index (χ0) is 20.9. The Balaban J connectivity index is 0.00000320. The molecule has 7 heteroatoms. The van der Waals surface area contributed by atoms with Gasteiger partial charge in [0.25, 0.3) is 0 Å². The van der Waals surface area contributed by atoms with Crippen molar-refractivity contribution >= 4 is 53.1 Å². The van der Waals surface area contributed by atoms with Crippen molar-refractivity contribution in [1.29, 1.82) is 0 Å². The second kappa shape index (κ2) is 11.0. The molecule has 1 aliphatic heterocycles. The predicted molar refractivity (Wildman–Crippen MR) is 136 cm³/mol. The molecular formula is C23H30ClIN4O. The van der Waals surface area contributed by atoms with Gasteiger partial charge in [0.15, 0.2) is 5.96 Å². The average molecular weight is 541 g/mol. The van der Waals surface area contributed by atoms with Crippen LogP contribution in [-0.4, -0.2) is 31.5 Å². The van der Waals surface area contributed by atoms with Gasteiger partial charge in [-0.1, -0.05) is 61.8 Å². The normalized spacial score (nSPS) is 16.2. The summed E-state index contributed by atoms with van der Waals surface area (Å²) in [6.45, 7) is 8.32. The van der Waals surface area contributed by atoms with E-state index in [1.165, 1.54) is 0 Å². The smallest absolute Gasteiger partial charge is 0.225 e. The monoisotopic (exact) mass is 540 g/mol. The number of rotatable bonds is 6. The van der Waals surface area contributed by atoms with Crippen molar-refractivity contribution in [3.63, 3.8) is 0 Å². The van der Waals surface area contributed by atoms with Crippen LogP contribution in [0.5, 0.6) is 0 Å². The molecule has 0 aromatic heterocycles. The maximum atomic E-state index is 12.1. The van der Waals surface area contributed by atoms with E-state index in [0.29, 0.717) is 19.5 Å². The summed E-state index contributed by atoms with van der Waals surface area (Å²) in [5.41, 5.74) is 2.95. The summed E-state index contributed by atoms with van der Waals surface area (Å²) in [5.74, 6) is 0.911. The summed E-state index contributed by atoms with van der Waals surface area (Å²) in [4.78, 5) is 16.9. The molecule has 162 valence electrons. The number of hydrogen-bond acceptors (Lipinski definition) is 2. The van der Waals surface area contributed by atoms with Gasteiger partial charge in [-0.15, -0.1) is 24.0 Å². The summed E-state index contributed by atoms with van der Waals surface area (Å²) < 4.78 is 0. The lowest BCUT2D eigenvalue weighted by Crippen LogP contribution is -2.41. The second-order valence-corrected chi connectivity index (χ2v) is 8.38. The van der Waals surface area contributed by atoms with Gasteiger partial charge in [-0.2, -0.15) is 0 Å². The lowest BCUT2D eigenvalue weighted by Gasteiger charge is -2.27. The average Bonchev–Trinajstić information content (AvgIpc) is 2.70. The topological polar surface area (TPSA) is 65.5 Å². The molecular weight excluding hydrogens is 511 g/mol. The zero-order valence-electron chi connectivity index (χ0n) is 17.7. The van der Waals surface area contributed by atoms with Crippen LogP contribution in [0, 0.1) is 0 Å². The third-order valence-corrected chi connectivity index (χ3v) is 5.53. The van der Waals surface area contributed by atoms with Gasteiger partial charge in [0, 0.05) is 41.6 Å². The van der Waals surface area contributed by atoms with Crippen LogP contribution in [0.25, 0.3) is 0 Å². The first kappa shape index (κ1) is 24.5. The molecule has 1 unspecified atom stereocenters. The number of carbonyl (C=O) groups excluding carboxylic acids is 1. The number of nitrogens with zero attached hydrogens (tertiary/aromatic N) is 1. The molecule has 1 atom stereocenters. The zero-order valence-corrected chi connectivity index (χ0v) is 20.8. The van der Waals surface area contributed by atoms with E-state index < -0.39 is 0 Å². The number of carbonyl (C=O) groups is 1. The highest BCUT2D eigenvalue weighted by Crippen LogP contribution is 2.32. The molecule has 30 heavy (non-hydrogen) atoms. The number of anilines is 1. The highest BCUT2D eigenvalue weighted by molar-refractivity contribution is 14.0. The number of aliphatic imine (C=N–C) groups is 1. The number of hydrogen-bond donors (Lipinski definition) is 3. The summed E-state index contributed by atoms with van der Waals surface area (Å²) >= 11 is 6.39. The molecule has 0 saturated heterocycles. The molecule has 0 saturated carbocycles. The minimum atomic E-state index is -0.196. The summed E-state index contributed by atoms with van der Waals surface area (Å²) in [5, 5.41) is 10.4. The number of nitrogens with one attached hydrogen (secondary N) is 3. The van der Waals surface area contributed by atoms with E-state index in [0.717, 1.165) is 34.3 Å². The van der Waals surface area contributed by atoms with Crippen LogP contribution in [0.15, 0.2) is 53.5 Å². The van der Waals surface area contributed by atoms with E-state index in [4.69, 9.17) is 16.6 Å². The SMILES string of the molecule is CCNC(=NCC(C)(C)c1ccccc1Cl)NCC1CC(=O)Nc2ccccc21.I. The van der Waals surface area contributed by atoms with Crippen LogP contribution in [0.3, 0.4) is 0 Å². The Kier molecular flexibility index (Phi) is 8.97. The Morgan fingerprint density at radius 2 is 1.87 bits per heavy atom. The van der Waals surface area contributed by atoms with Gasteiger partial charge in [-0.25, -0.2) is 0 Å². The van der Waals surface area contributed by atoms with Crippen LogP contribution in [-0.2, 0) is 10.2 Å². The van der Waals surface area contributed by atoms with Gasteiger partial charge in [-0.05, 0) is 30.2 Å². The van der Waals surface area contributed by atoms with Crippen molar-refractivity contribution in [3.05, 3.63) is 64.7 Å². The van der Waals surface area contributed by atoms with Crippen LogP contribution in [0.4, 0.5) is 5.69 Å². The van der Waals surface area contributed by atoms with Crippen molar-refractivity contribution in [1.82, 2.24) is 10.6 Å². The molecule has 2 aromatic rings. The maximum absolute atomic E-state index is 12.1. The van der Waals surface area contributed by atoms with Crippen LogP contribution < -0.4 is 16.0 Å². The first-order chi connectivity index (χ1) is 13.9. The van der Waals surface area contributed by atoms with Crippen LogP contribution in [0.1, 0.15) is 44.2 Å². The molecule has 3 N–H and O–H groups in total. The van der Waals surface area contributed by atoms with Gasteiger partial charge in [0.1, 0.15) is 0 Å². The molecule has 1 aliphatic rings. The fourth-order valence-corrected chi connectivity index (χ4v) is 4.01. The molecule has 0 spiro atoms. The van der Waals surface area contributed by atoms with Gasteiger partial charge in [0.05, 0.1) is 6.54 Å². The molecule has 3 rings (SSSR count). The standard InChI is InChI=1S/C23H29ClN4O.HI/c1-4-25-22(27-15-23(2,3)18-10-6-7-11-19(18)24)26-14-16-13-21(29)28-20-12-8-5-9-17(16)20;/h5-12,16H,4,13-15H2,1-3H3,(H,28,29)(H2,25,26,27);1H. The van der Waals surface area contributed by atoms with Crippen molar-refractivity contribution < 1.29 is 4.79 Å². The first-order valence-corrected chi connectivity index (χ1v) is 10.4. The summed E-state index contributed by atoms with van der Waals surface area (Å²) in [7, 11) is 0. The number of amides is 1. The molecule has 1 amide bonds. The lowest BCUT2D eigenvalue weighted by atomic mass is 9.85. The van der Waals surface area contributed by atoms with Crippen molar-refractivity contribution in [3.8, 4) is 0 Å². The Morgan fingerprint density at radius 3 is 2.60 bits per heavy atom. The number of halogens is 2. The Hall–Kier alpha value is -1.80. The van der Waals surface area contributed by atoms with E-state index >= 15 is 0 Å². The van der Waals surface area contributed by atoms with E-state index in [1.54, 1.807) is 0 Å². The van der Waals surface area contributed by atoms with Gasteiger partial charge < -0.3 is 16.0 Å². The van der Waals surface area contributed by atoms with Crippen molar-refractivity contribution in [2.75, 3.05) is 25.0 Å². The Labute approximate surface area is 201 Å². The summed E-state index contributed by atoms with van der Waals surface area (Å²) in [6, 6.07) is 15.9. The molecule has 5 nitrogen and oxygen atoms in total. The van der Waals surface area contributed by atoms with Gasteiger partial charge >= 0.3 is 0 Å². The van der Waals surface area contributed by atoms with Gasteiger partial charge in [-0.3, -0.25) is 9.79 Å². The van der Waals surface area contributed by atoms with Crippen LogP contribution in [0.2, 0.25) is 5.02 Å². The minimum absolute atomic E-state index is 0. The quantitative estimate of drug-likeness (QED) is 0.277. The Bertz CT molecular complexity index is 900. The fourth-order valence-electron chi connectivity index (χ4n) is 3.62. The highest BCUT2D eigenvalue weighted by atomic mass is 127. The molecule has 0 aliphatic carbocycles. The molecule has 2 aromatic carbocycles. The molecule has 0 bridgehead atoms. The fraction of sp³-hybridized carbons (Fsp3) is 0.391. The van der Waals surface area contributed by atoms with Crippen LogP contribution >= 0.6 is 35.6 Å². The minimum Gasteiger partial charge on any atom is -0.357 e. The van der Waals surface area contributed by atoms with Crippen molar-refractivity contribution in [2.45, 2.75) is 38.5 Å². The van der Waals surface area contributed by atoms with Crippen molar-refractivity contribution in [2.24, 2.45) is 4.99 Å².